The van der Waals surface area contributed by atoms with Crippen molar-refractivity contribution < 1.29 is 53.8 Å². The molecule has 15 nitrogen and oxygen atoms in total. The van der Waals surface area contributed by atoms with Gasteiger partial charge < -0.3 is 60.2 Å². The van der Waals surface area contributed by atoms with E-state index in [-0.39, 0.29) is 36.0 Å². The van der Waals surface area contributed by atoms with Crippen LogP contribution < -0.4 is 16.0 Å². The molecule has 0 aliphatic carbocycles. The van der Waals surface area contributed by atoms with Gasteiger partial charge in [-0.3, -0.25) is 14.4 Å². The average Bonchev–Trinajstić information content (AvgIpc) is 3.65. The minimum absolute atomic E-state index is 0.0348. The average molecular weight is 767 g/mol. The van der Waals surface area contributed by atoms with E-state index >= 15 is 0 Å². The lowest BCUT2D eigenvalue weighted by Crippen LogP contribution is -2.59. The van der Waals surface area contributed by atoms with Crippen LogP contribution in [0.1, 0.15) is 78.9 Å². The molecule has 0 spiro atoms. The fraction of sp³-hybridized carbons (Fsp3) is 0.769. The minimum atomic E-state index is -1.63. The largest absolute Gasteiger partial charge is 0.394 e. The fourth-order valence-corrected chi connectivity index (χ4v) is 7.69. The fourth-order valence-electron chi connectivity index (χ4n) is 7.69. The molecule has 15 heteroatoms. The van der Waals surface area contributed by atoms with Gasteiger partial charge in [0.05, 0.1) is 55.3 Å². The predicted octanol–water partition coefficient (Wildman–Crippen LogP) is 0.871. The van der Waals surface area contributed by atoms with E-state index in [1.165, 1.54) is 7.11 Å². The van der Waals surface area contributed by atoms with Gasteiger partial charge in [-0.1, -0.05) is 71.4 Å². The number of hydrogen-bond donors (Lipinski definition) is 7. The molecule has 0 aromatic heterocycles. The quantitative estimate of drug-likeness (QED) is 0.0987. The highest BCUT2D eigenvalue weighted by Crippen LogP contribution is 2.32. The molecule has 2 saturated heterocycles. The van der Waals surface area contributed by atoms with Crippen molar-refractivity contribution in [1.29, 1.82) is 0 Å². The molecule has 14 unspecified atom stereocenters. The summed E-state index contributed by atoms with van der Waals surface area (Å²) in [6.07, 6.45) is -7.32. The molecule has 2 heterocycles. The highest BCUT2D eigenvalue weighted by molar-refractivity contribution is 5.83. The van der Waals surface area contributed by atoms with Gasteiger partial charge in [0.15, 0.2) is 6.29 Å². The summed E-state index contributed by atoms with van der Waals surface area (Å²) in [6.45, 7) is 11.4. The number of methoxy groups -OCH3 is 2. The zero-order chi connectivity index (χ0) is 40.3. The Kier molecular flexibility index (Phi) is 18.2. The van der Waals surface area contributed by atoms with Crippen molar-refractivity contribution in [3.63, 3.8) is 0 Å². The van der Waals surface area contributed by atoms with Crippen LogP contribution in [-0.4, -0.2) is 145 Å². The molecule has 54 heavy (non-hydrogen) atoms. The Labute approximate surface area is 320 Å². The first-order valence-electron chi connectivity index (χ1n) is 19.3. The van der Waals surface area contributed by atoms with Gasteiger partial charge in [0.25, 0.3) is 0 Å². The molecule has 1 aromatic rings. The first-order valence-corrected chi connectivity index (χ1v) is 19.3. The second-order valence-corrected chi connectivity index (χ2v) is 15.2. The zero-order valence-corrected chi connectivity index (χ0v) is 33.4. The second kappa shape index (κ2) is 21.5. The number of benzene rings is 1. The van der Waals surface area contributed by atoms with E-state index < -0.39 is 85.7 Å². The first kappa shape index (κ1) is 45.7. The summed E-state index contributed by atoms with van der Waals surface area (Å²) in [6, 6.07) is 7.09. The third kappa shape index (κ3) is 11.2. The Morgan fingerprint density at radius 2 is 1.61 bits per heavy atom. The first-order chi connectivity index (χ1) is 25.6. The SMILES string of the molecule is CCC(C)C(NC(=O)C(NC)C(C)C)C(CC(=O)N1CCCC1C(OC)C(C)C(=O)NC(C)C(OC1OC(CO)C(O)C(O)C1O)c1ccccc1)OC. The van der Waals surface area contributed by atoms with Crippen molar-refractivity contribution >= 4 is 17.7 Å². The monoisotopic (exact) mass is 766 g/mol. The van der Waals surface area contributed by atoms with Gasteiger partial charge in [-0.2, -0.15) is 0 Å². The van der Waals surface area contributed by atoms with Crippen LogP contribution in [0.15, 0.2) is 30.3 Å². The van der Waals surface area contributed by atoms with Crippen molar-refractivity contribution in [1.82, 2.24) is 20.9 Å². The lowest BCUT2D eigenvalue weighted by molar-refractivity contribution is -0.314. The van der Waals surface area contributed by atoms with E-state index in [4.69, 9.17) is 18.9 Å². The summed E-state index contributed by atoms with van der Waals surface area (Å²) in [5.74, 6) is -1.26. The maximum atomic E-state index is 14.0. The lowest BCUT2D eigenvalue weighted by Gasteiger charge is -2.42. The van der Waals surface area contributed by atoms with Gasteiger partial charge in [0, 0.05) is 20.8 Å². The number of ether oxygens (including phenoxy) is 4. The van der Waals surface area contributed by atoms with Gasteiger partial charge >= 0.3 is 0 Å². The minimum Gasteiger partial charge on any atom is -0.394 e. The zero-order valence-electron chi connectivity index (χ0n) is 33.4. The van der Waals surface area contributed by atoms with Crippen molar-refractivity contribution in [2.75, 3.05) is 34.4 Å². The molecule has 308 valence electrons. The van der Waals surface area contributed by atoms with E-state index in [0.29, 0.717) is 18.5 Å². The number of nitrogens with one attached hydrogen (secondary N) is 3. The van der Waals surface area contributed by atoms with E-state index in [1.807, 2.05) is 33.8 Å². The molecule has 2 fully saturated rings. The third-order valence-corrected chi connectivity index (χ3v) is 11.2. The highest BCUT2D eigenvalue weighted by atomic mass is 16.7. The number of likely N-dealkylation sites (N-methyl/N-ethyl adjacent to an activating group) is 1. The smallest absolute Gasteiger partial charge is 0.237 e. The standard InChI is InChI=1S/C39H66N4O11/c1-10-22(4)31(42-38(50)30(40-7)21(2)3)27(51-8)19-29(45)43-18-14-17-26(43)35(52-9)23(5)37(49)41-24(6)36(25-15-12-11-13-16-25)54-39-34(48)33(47)32(46)28(20-44)53-39/h11-13,15-16,21-24,26-28,30-36,39-40,44,46-48H,10,14,17-20H2,1-9H3,(H,41,49)(H,42,50). The molecule has 7 N–H and O–H groups in total. The van der Waals surface area contributed by atoms with E-state index in [1.54, 1.807) is 57.2 Å². The number of hydrogen-bond acceptors (Lipinski definition) is 12. The molecule has 2 aliphatic rings. The normalized spacial score (nSPS) is 27.7. The number of nitrogens with zero attached hydrogens (tertiary/aromatic N) is 1. The summed E-state index contributed by atoms with van der Waals surface area (Å²) in [7, 11) is 4.82. The van der Waals surface area contributed by atoms with Gasteiger partial charge in [-0.05, 0) is 44.2 Å². The predicted molar refractivity (Wildman–Crippen MR) is 201 cm³/mol. The van der Waals surface area contributed by atoms with Crippen LogP contribution in [0.5, 0.6) is 0 Å². The molecule has 2 aliphatic heterocycles. The van der Waals surface area contributed by atoms with Crippen molar-refractivity contribution in [3.05, 3.63) is 35.9 Å². The van der Waals surface area contributed by atoms with Crippen molar-refractivity contribution in [2.45, 2.75) is 140 Å². The Bertz CT molecular complexity index is 1310. The molecule has 0 saturated carbocycles. The Morgan fingerprint density at radius 1 is 0.944 bits per heavy atom. The number of aliphatic hydroxyl groups excluding tert-OH is 4. The molecular formula is C39H66N4O11. The number of aliphatic hydroxyl groups is 4. The topological polar surface area (TPSA) is 208 Å². The number of carbonyl (C=O) groups is 3. The van der Waals surface area contributed by atoms with E-state index in [2.05, 4.69) is 16.0 Å². The summed E-state index contributed by atoms with van der Waals surface area (Å²) < 4.78 is 23.6. The summed E-state index contributed by atoms with van der Waals surface area (Å²) in [5, 5.41) is 50.2. The summed E-state index contributed by atoms with van der Waals surface area (Å²) in [5.41, 5.74) is 0.649. The second-order valence-electron chi connectivity index (χ2n) is 15.2. The van der Waals surface area contributed by atoms with Crippen LogP contribution in [0, 0.1) is 17.8 Å². The van der Waals surface area contributed by atoms with Gasteiger partial charge in [-0.25, -0.2) is 0 Å². The molecule has 0 bridgehead atoms. The van der Waals surface area contributed by atoms with Crippen LogP contribution in [0.3, 0.4) is 0 Å². The maximum Gasteiger partial charge on any atom is 0.237 e. The molecule has 1 aromatic carbocycles. The Morgan fingerprint density at radius 3 is 2.17 bits per heavy atom. The number of rotatable bonds is 20. The van der Waals surface area contributed by atoms with E-state index in [9.17, 15) is 34.8 Å². The molecule has 0 radical (unpaired) electrons. The maximum absolute atomic E-state index is 14.0. The Hall–Kier alpha value is -2.73. The molecule has 3 amide bonds. The van der Waals surface area contributed by atoms with Crippen LogP contribution in [0.2, 0.25) is 0 Å². The highest BCUT2D eigenvalue weighted by Gasteiger charge is 2.46. The number of amides is 3. The van der Waals surface area contributed by atoms with Crippen LogP contribution in [0.25, 0.3) is 0 Å². The molecule has 14 atom stereocenters. The van der Waals surface area contributed by atoms with Crippen molar-refractivity contribution in [3.8, 4) is 0 Å². The van der Waals surface area contributed by atoms with Gasteiger partial charge in [0.2, 0.25) is 17.7 Å². The van der Waals surface area contributed by atoms with Crippen LogP contribution >= 0.6 is 0 Å². The number of likely N-dealkylation sites (tertiary alicyclic amines) is 1. The summed E-state index contributed by atoms with van der Waals surface area (Å²) >= 11 is 0. The van der Waals surface area contributed by atoms with Crippen LogP contribution in [0.4, 0.5) is 0 Å². The number of carbonyl (C=O) groups excluding carboxylic acids is 3. The summed E-state index contributed by atoms with van der Waals surface area (Å²) in [4.78, 5) is 43.0. The van der Waals surface area contributed by atoms with E-state index in [0.717, 1.165) is 12.8 Å². The van der Waals surface area contributed by atoms with Gasteiger partial charge in [0.1, 0.15) is 30.5 Å². The van der Waals surface area contributed by atoms with Crippen LogP contribution in [-0.2, 0) is 33.3 Å². The molecule has 3 rings (SSSR count). The lowest BCUT2D eigenvalue weighted by atomic mass is 9.90. The molecular weight excluding hydrogens is 700 g/mol. The van der Waals surface area contributed by atoms with Crippen molar-refractivity contribution in [2.24, 2.45) is 17.8 Å². The van der Waals surface area contributed by atoms with Gasteiger partial charge in [-0.15, -0.1) is 0 Å². The Balaban J connectivity index is 1.76. The third-order valence-electron chi connectivity index (χ3n) is 11.2.